The number of nitrogens with zero attached hydrogens (tertiary/aromatic N) is 3. The van der Waals surface area contributed by atoms with E-state index >= 15 is 0 Å². The van der Waals surface area contributed by atoms with Crippen LogP contribution in [0.2, 0.25) is 0 Å². The Hall–Kier alpha value is -2.08. The van der Waals surface area contributed by atoms with Crippen molar-refractivity contribution in [2.24, 2.45) is 5.41 Å². The lowest BCUT2D eigenvalue weighted by Crippen LogP contribution is -2.46. The molecule has 2 aromatic rings. The van der Waals surface area contributed by atoms with Gasteiger partial charge in [0.15, 0.2) is 0 Å². The molecular formula is C20H28N4O2. The molecule has 2 fully saturated rings. The lowest BCUT2D eigenvalue weighted by atomic mass is 9.72. The van der Waals surface area contributed by atoms with Crippen LogP contribution in [0.3, 0.4) is 0 Å². The Balaban J connectivity index is 1.42. The number of aromatic nitrogens is 2. The molecule has 0 radical (unpaired) electrons. The molecule has 0 unspecified atom stereocenters. The third kappa shape index (κ3) is 3.30. The Morgan fingerprint density at radius 1 is 1.19 bits per heavy atom. The lowest BCUT2D eigenvalue weighted by Gasteiger charge is -2.44. The average Bonchev–Trinajstić information content (AvgIpc) is 3.06. The number of carbonyl (C=O) groups excluding carboxylic acids is 1. The first-order valence-electron chi connectivity index (χ1n) is 9.67. The minimum Gasteiger partial charge on any atom is -0.381 e. The monoisotopic (exact) mass is 356 g/mol. The van der Waals surface area contributed by atoms with E-state index in [2.05, 4.69) is 24.3 Å². The average molecular weight is 356 g/mol. The van der Waals surface area contributed by atoms with Crippen molar-refractivity contribution < 1.29 is 9.53 Å². The number of benzene rings is 1. The van der Waals surface area contributed by atoms with Gasteiger partial charge in [-0.05, 0) is 63.1 Å². The molecule has 6 nitrogen and oxygen atoms in total. The topological polar surface area (TPSA) is 59.4 Å². The maximum Gasteiger partial charge on any atom is 0.321 e. The number of hydrogen-bond donors (Lipinski definition) is 1. The van der Waals surface area contributed by atoms with Crippen molar-refractivity contribution in [2.75, 3.05) is 31.6 Å². The van der Waals surface area contributed by atoms with Gasteiger partial charge in [0.05, 0.1) is 11.7 Å². The number of piperidine rings is 1. The molecule has 2 aliphatic rings. The van der Waals surface area contributed by atoms with Crippen LogP contribution in [0.5, 0.6) is 0 Å². The van der Waals surface area contributed by atoms with Crippen LogP contribution in [0, 0.1) is 5.41 Å². The first kappa shape index (κ1) is 17.3. The van der Waals surface area contributed by atoms with E-state index in [1.807, 2.05) is 34.0 Å². The molecule has 140 valence electrons. The molecule has 1 aromatic heterocycles. The molecule has 1 spiro atoms. The number of urea groups is 1. The van der Waals surface area contributed by atoms with Gasteiger partial charge < -0.3 is 15.0 Å². The zero-order valence-corrected chi connectivity index (χ0v) is 15.7. The summed E-state index contributed by atoms with van der Waals surface area (Å²) in [4.78, 5) is 14.6. The van der Waals surface area contributed by atoms with Crippen LogP contribution in [-0.4, -0.2) is 47.0 Å². The van der Waals surface area contributed by atoms with Crippen LogP contribution in [0.1, 0.15) is 45.6 Å². The van der Waals surface area contributed by atoms with E-state index in [4.69, 9.17) is 4.74 Å². The number of fused-ring (bicyclic) bond motifs is 1. The Bertz CT molecular complexity index is 782. The van der Waals surface area contributed by atoms with Gasteiger partial charge in [-0.1, -0.05) is 0 Å². The summed E-state index contributed by atoms with van der Waals surface area (Å²) in [5.41, 5.74) is 2.28. The smallest absolute Gasteiger partial charge is 0.321 e. The minimum atomic E-state index is 0.00173. The molecule has 2 aliphatic heterocycles. The Morgan fingerprint density at radius 2 is 1.92 bits per heavy atom. The quantitative estimate of drug-likeness (QED) is 0.883. The zero-order chi connectivity index (χ0) is 18.1. The van der Waals surface area contributed by atoms with Crippen LogP contribution in [0.15, 0.2) is 24.4 Å². The molecule has 1 aromatic carbocycles. The molecule has 26 heavy (non-hydrogen) atoms. The maximum atomic E-state index is 12.7. The predicted molar refractivity (Wildman–Crippen MR) is 102 cm³/mol. The summed E-state index contributed by atoms with van der Waals surface area (Å²) in [6.07, 6.45) is 6.32. The van der Waals surface area contributed by atoms with Gasteiger partial charge in [0, 0.05) is 43.4 Å². The van der Waals surface area contributed by atoms with Crippen LogP contribution in [0.25, 0.3) is 10.9 Å². The molecule has 6 heteroatoms. The summed E-state index contributed by atoms with van der Waals surface area (Å²) in [7, 11) is 0. The predicted octanol–water partition coefficient (Wildman–Crippen LogP) is 4.04. The Morgan fingerprint density at radius 3 is 2.62 bits per heavy atom. The number of rotatable bonds is 2. The van der Waals surface area contributed by atoms with E-state index in [1.165, 1.54) is 0 Å². The minimum absolute atomic E-state index is 0.00173. The van der Waals surface area contributed by atoms with Gasteiger partial charge in [0.25, 0.3) is 0 Å². The molecule has 2 amide bonds. The molecule has 3 heterocycles. The molecule has 0 saturated carbocycles. The van der Waals surface area contributed by atoms with Gasteiger partial charge >= 0.3 is 6.03 Å². The first-order chi connectivity index (χ1) is 12.6. The third-order valence-corrected chi connectivity index (χ3v) is 6.00. The lowest BCUT2D eigenvalue weighted by molar-refractivity contribution is -0.0138. The molecule has 4 rings (SSSR count). The fourth-order valence-corrected chi connectivity index (χ4v) is 4.22. The summed E-state index contributed by atoms with van der Waals surface area (Å²) in [6.45, 7) is 7.62. The second-order valence-electron chi connectivity index (χ2n) is 7.99. The van der Waals surface area contributed by atoms with Gasteiger partial charge in [-0.25, -0.2) is 4.79 Å². The van der Waals surface area contributed by atoms with Crippen molar-refractivity contribution in [3.05, 3.63) is 24.4 Å². The zero-order valence-electron chi connectivity index (χ0n) is 15.7. The highest BCUT2D eigenvalue weighted by atomic mass is 16.5. The number of amides is 2. The highest BCUT2D eigenvalue weighted by Crippen LogP contribution is 2.40. The van der Waals surface area contributed by atoms with Gasteiger partial charge in [0.1, 0.15) is 0 Å². The number of anilines is 1. The van der Waals surface area contributed by atoms with E-state index in [1.54, 1.807) is 0 Å². The Kier molecular flexibility index (Phi) is 4.61. The van der Waals surface area contributed by atoms with Gasteiger partial charge in [-0.15, -0.1) is 0 Å². The van der Waals surface area contributed by atoms with Gasteiger partial charge in [0.2, 0.25) is 0 Å². The number of hydrogen-bond acceptors (Lipinski definition) is 3. The van der Waals surface area contributed by atoms with Crippen LogP contribution in [-0.2, 0) is 4.74 Å². The van der Waals surface area contributed by atoms with Gasteiger partial charge in [-0.3, -0.25) is 4.68 Å². The SMILES string of the molecule is CC(C)n1ncc2ccc(NC(=O)N3CCC4(CCOCC4)CC3)cc21. The Labute approximate surface area is 154 Å². The van der Waals surface area contributed by atoms with Gasteiger partial charge in [-0.2, -0.15) is 5.10 Å². The van der Waals surface area contributed by atoms with Crippen molar-refractivity contribution >= 4 is 22.6 Å². The van der Waals surface area contributed by atoms with E-state index in [9.17, 15) is 4.79 Å². The molecule has 0 bridgehead atoms. The summed E-state index contributed by atoms with van der Waals surface area (Å²) in [5, 5.41) is 8.60. The molecule has 1 N–H and O–H groups in total. The fourth-order valence-electron chi connectivity index (χ4n) is 4.22. The summed E-state index contributed by atoms with van der Waals surface area (Å²) in [6, 6.07) is 6.28. The van der Waals surface area contributed by atoms with E-state index < -0.39 is 0 Å². The summed E-state index contributed by atoms with van der Waals surface area (Å²) >= 11 is 0. The molecule has 0 aliphatic carbocycles. The van der Waals surface area contributed by atoms with Crippen molar-refractivity contribution in [2.45, 2.75) is 45.6 Å². The van der Waals surface area contributed by atoms with Crippen LogP contribution in [0.4, 0.5) is 10.5 Å². The maximum absolute atomic E-state index is 12.7. The first-order valence-corrected chi connectivity index (χ1v) is 9.67. The molecule has 0 atom stereocenters. The van der Waals surface area contributed by atoms with E-state index in [0.717, 1.165) is 68.6 Å². The van der Waals surface area contributed by atoms with Crippen molar-refractivity contribution in [1.82, 2.24) is 14.7 Å². The molecule has 2 saturated heterocycles. The number of carbonyl (C=O) groups is 1. The van der Waals surface area contributed by atoms with Crippen LogP contribution < -0.4 is 5.32 Å². The van der Waals surface area contributed by atoms with E-state index in [0.29, 0.717) is 5.41 Å². The number of nitrogens with one attached hydrogen (secondary N) is 1. The largest absolute Gasteiger partial charge is 0.381 e. The number of likely N-dealkylation sites (tertiary alicyclic amines) is 1. The second kappa shape index (κ2) is 6.91. The highest BCUT2D eigenvalue weighted by Gasteiger charge is 2.37. The van der Waals surface area contributed by atoms with Crippen molar-refractivity contribution in [3.8, 4) is 0 Å². The van der Waals surface area contributed by atoms with Crippen LogP contribution >= 0.6 is 0 Å². The standard InChI is InChI=1S/C20H28N4O2/c1-15(2)24-18-13-17(4-3-16(18)14-21-24)22-19(25)23-9-5-20(6-10-23)7-11-26-12-8-20/h3-4,13-15H,5-12H2,1-2H3,(H,22,25). The normalized spacial score (nSPS) is 20.0. The van der Waals surface area contributed by atoms with E-state index in [-0.39, 0.29) is 12.1 Å². The third-order valence-electron chi connectivity index (χ3n) is 6.00. The second-order valence-corrected chi connectivity index (χ2v) is 7.99. The highest BCUT2D eigenvalue weighted by molar-refractivity contribution is 5.92. The molecular weight excluding hydrogens is 328 g/mol. The van der Waals surface area contributed by atoms with Crippen molar-refractivity contribution in [3.63, 3.8) is 0 Å². The summed E-state index contributed by atoms with van der Waals surface area (Å²) < 4.78 is 7.49. The number of ether oxygens (including phenoxy) is 1. The van der Waals surface area contributed by atoms with Crippen molar-refractivity contribution in [1.29, 1.82) is 0 Å². The summed E-state index contributed by atoms with van der Waals surface area (Å²) in [5.74, 6) is 0. The fraction of sp³-hybridized carbons (Fsp3) is 0.600.